The highest BCUT2D eigenvalue weighted by Crippen LogP contribution is 2.48. The van der Waals surface area contributed by atoms with Crippen LogP contribution < -0.4 is 10.6 Å². The molecule has 3 aromatic rings. The summed E-state index contributed by atoms with van der Waals surface area (Å²) in [5, 5.41) is 10.5. The molecule has 4 nitrogen and oxygen atoms in total. The number of allylic oxidation sites excluding steroid dienone is 3. The molecule has 2 N–H and O–H groups in total. The van der Waals surface area contributed by atoms with Gasteiger partial charge in [-0.3, -0.25) is 9.69 Å². The van der Waals surface area contributed by atoms with Crippen LogP contribution in [0.25, 0.3) is 0 Å². The van der Waals surface area contributed by atoms with Crippen LogP contribution in [0.3, 0.4) is 0 Å². The Morgan fingerprint density at radius 3 is 2.54 bits per heavy atom. The van der Waals surface area contributed by atoms with Crippen molar-refractivity contribution < 1.29 is 9.18 Å². The monoisotopic (exact) mass is 537 g/mol. The maximum atomic E-state index is 13.6. The van der Waals surface area contributed by atoms with Crippen molar-refractivity contribution in [2.24, 2.45) is 5.73 Å². The predicted molar refractivity (Wildman–Crippen MR) is 156 cm³/mol. The summed E-state index contributed by atoms with van der Waals surface area (Å²) in [5.74, 6) is 0.423. The maximum Gasteiger partial charge on any atom is 0.161 e. The molecule has 2 aliphatic rings. The van der Waals surface area contributed by atoms with E-state index in [1.54, 1.807) is 23.9 Å². The molecule has 1 heterocycles. The van der Waals surface area contributed by atoms with Crippen molar-refractivity contribution in [3.05, 3.63) is 117 Å². The molecule has 3 aromatic carbocycles. The third kappa shape index (κ3) is 4.99. The van der Waals surface area contributed by atoms with Crippen molar-refractivity contribution in [2.75, 3.05) is 4.90 Å². The average Bonchev–Trinajstić information content (AvgIpc) is 2.94. The summed E-state index contributed by atoms with van der Waals surface area (Å²) < 4.78 is 13.4. The molecule has 1 aliphatic heterocycles. The molecular weight excluding hydrogens is 505 g/mol. The number of thioether (sulfide) groups is 1. The lowest BCUT2D eigenvalue weighted by Crippen LogP contribution is -2.39. The predicted octanol–water partition coefficient (Wildman–Crippen LogP) is 7.60. The van der Waals surface area contributed by atoms with Crippen molar-refractivity contribution in [3.8, 4) is 6.07 Å². The van der Waals surface area contributed by atoms with Gasteiger partial charge in [-0.2, -0.15) is 5.26 Å². The number of benzene rings is 3. The molecule has 0 saturated carbocycles. The van der Waals surface area contributed by atoms with E-state index in [4.69, 9.17) is 5.73 Å². The number of rotatable bonds is 6. The zero-order chi connectivity index (χ0) is 27.7. The SMILES string of the molecule is CCc1ccccc1N1C(N)=C(C#N)C(c2cc(C)cc(CSc3ccc(F)cc3)c2C)C2=C1CCCC2=O. The highest BCUT2D eigenvalue weighted by atomic mass is 32.2. The maximum absolute atomic E-state index is 13.6. The van der Waals surface area contributed by atoms with Gasteiger partial charge >= 0.3 is 0 Å². The van der Waals surface area contributed by atoms with Gasteiger partial charge in [0.15, 0.2) is 5.78 Å². The second-order valence-electron chi connectivity index (χ2n) is 10.2. The lowest BCUT2D eigenvalue weighted by atomic mass is 9.73. The van der Waals surface area contributed by atoms with Crippen LogP contribution in [0.2, 0.25) is 0 Å². The van der Waals surface area contributed by atoms with Crippen molar-refractivity contribution in [1.29, 1.82) is 5.26 Å². The molecule has 1 aliphatic carbocycles. The smallest absolute Gasteiger partial charge is 0.161 e. The molecule has 39 heavy (non-hydrogen) atoms. The first-order chi connectivity index (χ1) is 18.8. The average molecular weight is 538 g/mol. The third-order valence-corrected chi connectivity index (χ3v) is 8.81. The number of hydrogen-bond acceptors (Lipinski definition) is 5. The van der Waals surface area contributed by atoms with Gasteiger partial charge < -0.3 is 5.73 Å². The molecule has 0 bridgehead atoms. The molecule has 0 spiro atoms. The van der Waals surface area contributed by atoms with E-state index >= 15 is 0 Å². The van der Waals surface area contributed by atoms with E-state index in [0.717, 1.165) is 63.4 Å². The van der Waals surface area contributed by atoms with Crippen molar-refractivity contribution >= 4 is 23.2 Å². The minimum atomic E-state index is -0.502. The first kappa shape index (κ1) is 26.8. The van der Waals surface area contributed by atoms with E-state index in [9.17, 15) is 14.4 Å². The first-order valence-electron chi connectivity index (χ1n) is 13.4. The number of carbonyl (C=O) groups excluding carboxylic acids is 1. The number of carbonyl (C=O) groups is 1. The van der Waals surface area contributed by atoms with Crippen LogP contribution in [0.4, 0.5) is 10.1 Å². The zero-order valence-electron chi connectivity index (χ0n) is 22.6. The molecule has 0 aromatic heterocycles. The summed E-state index contributed by atoms with van der Waals surface area (Å²) in [6, 6.07) is 21.2. The summed E-state index contributed by atoms with van der Waals surface area (Å²) in [7, 11) is 0. The topological polar surface area (TPSA) is 70.1 Å². The Balaban J connectivity index is 1.64. The Bertz CT molecular complexity index is 1550. The number of para-hydroxylation sites is 1. The Morgan fingerprint density at radius 1 is 1.08 bits per heavy atom. The van der Waals surface area contributed by atoms with Gasteiger partial charge in [0.25, 0.3) is 0 Å². The largest absolute Gasteiger partial charge is 0.384 e. The number of hydrogen-bond donors (Lipinski definition) is 1. The molecule has 5 rings (SSSR count). The molecule has 0 radical (unpaired) electrons. The van der Waals surface area contributed by atoms with Crippen LogP contribution in [0, 0.1) is 31.0 Å². The third-order valence-electron chi connectivity index (χ3n) is 7.75. The fraction of sp³-hybridized carbons (Fsp3) is 0.273. The van der Waals surface area contributed by atoms with Crippen LogP contribution in [0.1, 0.15) is 59.9 Å². The molecule has 0 saturated heterocycles. The number of anilines is 1. The number of Topliss-reactive ketones (excluding diaryl/α,β-unsaturated/α-hetero) is 1. The van der Waals surface area contributed by atoms with Crippen LogP contribution >= 0.6 is 11.8 Å². The standard InChI is InChI=1S/C33H32FN3OS/c1-4-22-8-5-6-9-28(22)37-29-10-7-11-30(38)32(29)31(27(18-35)33(37)36)26-17-20(2)16-23(21(26)3)19-39-25-14-12-24(34)13-15-25/h5-6,8-9,12-17,31H,4,7,10-11,19,36H2,1-3H3. The second-order valence-corrected chi connectivity index (χ2v) is 11.2. The van der Waals surface area contributed by atoms with Gasteiger partial charge in [-0.25, -0.2) is 4.39 Å². The van der Waals surface area contributed by atoms with E-state index in [1.807, 2.05) is 30.0 Å². The van der Waals surface area contributed by atoms with Gasteiger partial charge in [0.1, 0.15) is 11.6 Å². The normalized spacial score (nSPS) is 17.4. The van der Waals surface area contributed by atoms with E-state index in [1.165, 1.54) is 12.1 Å². The van der Waals surface area contributed by atoms with Gasteiger partial charge in [-0.1, -0.05) is 42.8 Å². The molecular formula is C33H32FN3OS. The molecule has 0 amide bonds. The quantitative estimate of drug-likeness (QED) is 0.328. The summed E-state index contributed by atoms with van der Waals surface area (Å²) in [6.07, 6.45) is 2.77. The lowest BCUT2D eigenvalue weighted by molar-refractivity contribution is -0.116. The number of nitriles is 1. The van der Waals surface area contributed by atoms with Crippen molar-refractivity contribution in [2.45, 2.75) is 63.0 Å². The van der Waals surface area contributed by atoms with Gasteiger partial charge in [0.05, 0.1) is 23.2 Å². The molecule has 0 fully saturated rings. The zero-order valence-corrected chi connectivity index (χ0v) is 23.4. The first-order valence-corrected chi connectivity index (χ1v) is 14.3. The van der Waals surface area contributed by atoms with Crippen LogP contribution in [0.15, 0.2) is 88.2 Å². The molecule has 1 atom stereocenters. The Morgan fingerprint density at radius 2 is 1.82 bits per heavy atom. The fourth-order valence-corrected chi connectivity index (χ4v) is 6.76. The van der Waals surface area contributed by atoms with Gasteiger partial charge in [0, 0.05) is 28.3 Å². The summed E-state index contributed by atoms with van der Waals surface area (Å²) in [5.41, 5.74) is 15.1. The van der Waals surface area contributed by atoms with Crippen LogP contribution in [0.5, 0.6) is 0 Å². The number of halogens is 1. The van der Waals surface area contributed by atoms with E-state index in [0.29, 0.717) is 29.1 Å². The van der Waals surface area contributed by atoms with Crippen molar-refractivity contribution in [3.63, 3.8) is 0 Å². The second kappa shape index (κ2) is 11.1. The lowest BCUT2D eigenvalue weighted by Gasteiger charge is -2.40. The van der Waals surface area contributed by atoms with Gasteiger partial charge in [-0.05, 0) is 85.7 Å². The van der Waals surface area contributed by atoms with E-state index in [2.05, 4.69) is 38.1 Å². The number of nitrogens with zero attached hydrogens (tertiary/aromatic N) is 2. The Hall–Kier alpha value is -3.82. The van der Waals surface area contributed by atoms with E-state index in [-0.39, 0.29) is 11.6 Å². The molecule has 198 valence electrons. The molecule has 6 heteroatoms. The number of ketones is 1. The molecule has 1 unspecified atom stereocenters. The highest BCUT2D eigenvalue weighted by Gasteiger charge is 2.41. The van der Waals surface area contributed by atoms with Crippen LogP contribution in [-0.4, -0.2) is 5.78 Å². The number of aryl methyl sites for hydroxylation is 2. The van der Waals surface area contributed by atoms with Crippen molar-refractivity contribution in [1.82, 2.24) is 0 Å². The minimum Gasteiger partial charge on any atom is -0.384 e. The van der Waals surface area contributed by atoms with E-state index < -0.39 is 5.92 Å². The fourth-order valence-electron chi connectivity index (χ4n) is 5.81. The van der Waals surface area contributed by atoms with Gasteiger partial charge in [0.2, 0.25) is 0 Å². The summed E-state index contributed by atoms with van der Waals surface area (Å²) >= 11 is 1.64. The minimum absolute atomic E-state index is 0.0867. The summed E-state index contributed by atoms with van der Waals surface area (Å²) in [6.45, 7) is 6.20. The van der Waals surface area contributed by atoms with Crippen LogP contribution in [-0.2, 0) is 17.0 Å². The highest BCUT2D eigenvalue weighted by molar-refractivity contribution is 7.98. The Kier molecular flexibility index (Phi) is 7.63. The van der Waals surface area contributed by atoms with Gasteiger partial charge in [-0.15, -0.1) is 11.8 Å². The summed E-state index contributed by atoms with van der Waals surface area (Å²) in [4.78, 5) is 16.6. The number of nitrogens with two attached hydrogens (primary N) is 1. The Labute approximate surface area is 234 Å².